The molecule has 3 heterocycles. The predicted molar refractivity (Wildman–Crippen MR) is 188 cm³/mol. The van der Waals surface area contributed by atoms with Crippen molar-refractivity contribution < 1.29 is 52.7 Å². The van der Waals surface area contributed by atoms with Crippen LogP contribution in [0.4, 0.5) is 52.7 Å². The Balaban J connectivity index is 1.64. The van der Waals surface area contributed by atoms with E-state index in [1.54, 1.807) is 0 Å². The second-order valence-corrected chi connectivity index (χ2v) is 13.3. The Bertz CT molecular complexity index is 2720. The normalized spacial score (nSPS) is 13.0. The average molecular weight is 813 g/mol. The van der Waals surface area contributed by atoms with Crippen LogP contribution in [0.2, 0.25) is 0 Å². The largest absolute Gasteiger partial charge is 0.416 e. The highest BCUT2D eigenvalue weighted by molar-refractivity contribution is 6.12. The minimum Gasteiger partial charge on any atom is -0.308 e. The minimum atomic E-state index is -4.95. The lowest BCUT2D eigenvalue weighted by molar-refractivity contribution is -0.138. The van der Waals surface area contributed by atoms with Crippen molar-refractivity contribution in [2.24, 2.45) is 0 Å². The van der Waals surface area contributed by atoms with Crippen molar-refractivity contribution in [3.8, 4) is 28.8 Å². The van der Waals surface area contributed by atoms with Gasteiger partial charge in [-0.15, -0.1) is 0 Å². The fraction of sp³-hybridized carbons (Fsp3) is 0.150. The molecule has 0 bridgehead atoms. The van der Waals surface area contributed by atoms with Gasteiger partial charge in [-0.05, 0) is 74.5 Å². The van der Waals surface area contributed by atoms with Crippen molar-refractivity contribution in [3.63, 3.8) is 0 Å². The average Bonchev–Trinajstić information content (AvgIpc) is 3.63. The Morgan fingerprint density at radius 2 is 0.741 bits per heavy atom. The Morgan fingerprint density at radius 3 is 1.00 bits per heavy atom. The summed E-state index contributed by atoms with van der Waals surface area (Å²) in [5, 5.41) is 10.5. The third-order valence-electron chi connectivity index (χ3n) is 9.63. The zero-order chi connectivity index (χ0) is 41.9. The van der Waals surface area contributed by atoms with E-state index < -0.39 is 47.0 Å². The smallest absolute Gasteiger partial charge is 0.308 e. The summed E-state index contributed by atoms with van der Waals surface area (Å²) in [5.74, 6) is -0.223. The lowest BCUT2D eigenvalue weighted by Crippen LogP contribution is -2.10. The van der Waals surface area contributed by atoms with Crippen LogP contribution in [-0.2, 0) is 24.7 Å². The number of nitriles is 1. The molecule has 8 aromatic rings. The summed E-state index contributed by atoms with van der Waals surface area (Å²) in [6, 6.07) is 14.0. The fourth-order valence-electron chi connectivity index (χ4n) is 7.25. The molecule has 0 atom stereocenters. The van der Waals surface area contributed by atoms with Gasteiger partial charge in [0.1, 0.15) is 11.6 Å². The molecule has 294 valence electrons. The number of benzene rings is 5. The summed E-state index contributed by atoms with van der Waals surface area (Å²) in [4.78, 5) is 12.9. The van der Waals surface area contributed by atoms with Gasteiger partial charge in [0.2, 0.25) is 0 Å². The van der Waals surface area contributed by atoms with Gasteiger partial charge in [0, 0.05) is 21.5 Å². The van der Waals surface area contributed by atoms with Crippen LogP contribution in [0.15, 0.2) is 84.9 Å². The molecule has 18 heteroatoms. The van der Waals surface area contributed by atoms with Gasteiger partial charge in [-0.25, -0.2) is 15.0 Å². The Morgan fingerprint density at radius 1 is 0.448 bits per heavy atom. The molecule has 0 fully saturated rings. The molecule has 6 nitrogen and oxygen atoms in total. The van der Waals surface area contributed by atoms with Crippen LogP contribution in [-0.4, -0.2) is 24.1 Å². The first-order chi connectivity index (χ1) is 27.0. The molecular weight excluding hydrogens is 792 g/mol. The van der Waals surface area contributed by atoms with E-state index in [1.807, 2.05) is 6.07 Å². The SMILES string of the molecule is Cc1nc(C)nc(-c2c(-n3c4cc(C(F)(F)F)ccc4c4ccc(C(F)(F)F)cc43)cc(C#N)cc2-n2c3cc(C(F)(F)F)ccc3c3ccc(C(F)(F)F)cc32)n1. The van der Waals surface area contributed by atoms with Gasteiger partial charge in [0.15, 0.2) is 5.82 Å². The van der Waals surface area contributed by atoms with E-state index in [9.17, 15) is 57.9 Å². The van der Waals surface area contributed by atoms with Crippen LogP contribution in [0.3, 0.4) is 0 Å². The van der Waals surface area contributed by atoms with Gasteiger partial charge in [-0.3, -0.25) is 0 Å². The molecule has 3 aromatic heterocycles. The molecule has 0 saturated carbocycles. The Hall–Kier alpha value is -6.64. The summed E-state index contributed by atoms with van der Waals surface area (Å²) in [6.45, 7) is 2.86. The number of aromatic nitrogens is 5. The number of fused-ring (bicyclic) bond motifs is 6. The summed E-state index contributed by atoms with van der Waals surface area (Å²) >= 11 is 0. The van der Waals surface area contributed by atoms with Crippen molar-refractivity contribution in [1.29, 1.82) is 5.26 Å². The van der Waals surface area contributed by atoms with E-state index >= 15 is 0 Å². The summed E-state index contributed by atoms with van der Waals surface area (Å²) < 4.78 is 173. The van der Waals surface area contributed by atoms with Crippen LogP contribution in [0.1, 0.15) is 39.5 Å². The molecule has 5 aromatic carbocycles. The number of rotatable bonds is 3. The van der Waals surface area contributed by atoms with Gasteiger partial charge in [0.05, 0.1) is 72.9 Å². The van der Waals surface area contributed by atoms with Crippen LogP contribution in [0.25, 0.3) is 66.4 Å². The molecule has 0 saturated heterocycles. The van der Waals surface area contributed by atoms with Crippen LogP contribution in [0, 0.1) is 25.2 Å². The quantitative estimate of drug-likeness (QED) is 0.167. The molecule has 0 aliphatic heterocycles. The van der Waals surface area contributed by atoms with Crippen molar-refractivity contribution in [1.82, 2.24) is 24.1 Å². The zero-order valence-corrected chi connectivity index (χ0v) is 29.3. The molecule has 0 aliphatic carbocycles. The van der Waals surface area contributed by atoms with Crippen molar-refractivity contribution in [2.45, 2.75) is 38.6 Å². The second-order valence-electron chi connectivity index (χ2n) is 13.3. The maximum absolute atomic E-state index is 14.3. The first-order valence-corrected chi connectivity index (χ1v) is 16.8. The van der Waals surface area contributed by atoms with Gasteiger partial charge in [0.25, 0.3) is 0 Å². The number of aryl methyl sites for hydroxylation is 2. The summed E-state index contributed by atoms with van der Waals surface area (Å²) in [6.07, 6.45) is -19.8. The van der Waals surface area contributed by atoms with Crippen molar-refractivity contribution in [3.05, 3.63) is 124 Å². The highest BCUT2D eigenvalue weighted by Crippen LogP contribution is 2.46. The minimum absolute atomic E-state index is 0.0381. The highest BCUT2D eigenvalue weighted by atomic mass is 19.4. The molecule has 0 radical (unpaired) electrons. The van der Waals surface area contributed by atoms with Crippen LogP contribution in [0.5, 0.6) is 0 Å². The molecule has 0 aliphatic rings. The maximum Gasteiger partial charge on any atom is 0.416 e. The number of alkyl halides is 12. The first kappa shape index (κ1) is 38.2. The second kappa shape index (κ2) is 12.7. The Kier molecular flexibility index (Phi) is 8.36. The van der Waals surface area contributed by atoms with Gasteiger partial charge >= 0.3 is 24.7 Å². The molecule has 0 spiro atoms. The maximum atomic E-state index is 14.3. The molecule has 0 N–H and O–H groups in total. The lowest BCUT2D eigenvalue weighted by Gasteiger charge is -2.21. The van der Waals surface area contributed by atoms with Gasteiger partial charge in [-0.2, -0.15) is 57.9 Å². The lowest BCUT2D eigenvalue weighted by atomic mass is 10.0. The van der Waals surface area contributed by atoms with E-state index in [0.717, 1.165) is 69.8 Å². The highest BCUT2D eigenvalue weighted by Gasteiger charge is 2.36. The molecule has 0 amide bonds. The number of nitrogens with zero attached hydrogens (tertiary/aromatic N) is 6. The van der Waals surface area contributed by atoms with Gasteiger partial charge in [-0.1, -0.05) is 24.3 Å². The molecular formula is C40H20F12N6. The number of halogens is 12. The number of hydrogen-bond acceptors (Lipinski definition) is 4. The monoisotopic (exact) mass is 812 g/mol. The van der Waals surface area contributed by atoms with E-state index in [4.69, 9.17) is 0 Å². The summed E-state index contributed by atoms with van der Waals surface area (Å²) in [5.41, 5.74) is -7.32. The topological polar surface area (TPSA) is 72.3 Å². The van der Waals surface area contributed by atoms with Crippen molar-refractivity contribution in [2.75, 3.05) is 0 Å². The van der Waals surface area contributed by atoms with E-state index in [0.29, 0.717) is 24.3 Å². The summed E-state index contributed by atoms with van der Waals surface area (Å²) in [7, 11) is 0. The first-order valence-electron chi connectivity index (χ1n) is 16.8. The fourth-order valence-corrected chi connectivity index (χ4v) is 7.25. The third-order valence-corrected chi connectivity index (χ3v) is 9.63. The Labute approximate surface area is 317 Å². The van der Waals surface area contributed by atoms with E-state index in [-0.39, 0.29) is 83.6 Å². The van der Waals surface area contributed by atoms with Crippen LogP contribution >= 0.6 is 0 Å². The molecule has 8 rings (SSSR count). The third kappa shape index (κ3) is 6.30. The predicted octanol–water partition coefficient (Wildman–Crippen LogP) is 12.3. The van der Waals surface area contributed by atoms with E-state index in [2.05, 4.69) is 15.0 Å². The zero-order valence-electron chi connectivity index (χ0n) is 29.3. The number of hydrogen-bond donors (Lipinski definition) is 0. The standard InChI is InChI=1S/C40H20F12N6/c1-18-54-19(2)56-36(55-18)35-33(57-29-13-21(37(41,42)43)3-7-25(29)26-8-4-22(14-30(26)57)38(44,45)46)11-20(17-53)12-34(35)58-31-15-23(39(47,48)49)5-9-27(31)28-10-6-24(16-32(28)58)40(50,51)52/h3-16H,1-2H3. The molecule has 58 heavy (non-hydrogen) atoms. The molecule has 0 unspecified atom stereocenters. The van der Waals surface area contributed by atoms with Gasteiger partial charge < -0.3 is 9.13 Å². The van der Waals surface area contributed by atoms with Crippen molar-refractivity contribution >= 4 is 43.6 Å². The van der Waals surface area contributed by atoms with E-state index in [1.165, 1.54) is 13.8 Å². The van der Waals surface area contributed by atoms with Crippen LogP contribution < -0.4 is 0 Å².